The first-order chi connectivity index (χ1) is 14.9. The van der Waals surface area contributed by atoms with Crippen molar-refractivity contribution in [3.8, 4) is 0 Å². The number of carbonyl (C=O) groups excluding carboxylic acids is 2. The van der Waals surface area contributed by atoms with Gasteiger partial charge in [0, 0.05) is 37.8 Å². The maximum absolute atomic E-state index is 12.8. The Kier molecular flexibility index (Phi) is 6.40. The van der Waals surface area contributed by atoms with Gasteiger partial charge in [-0.2, -0.15) is 0 Å². The lowest BCUT2D eigenvalue weighted by Gasteiger charge is -2.34. The number of nitrogens with one attached hydrogen (secondary N) is 2. The van der Waals surface area contributed by atoms with Crippen molar-refractivity contribution in [2.45, 2.75) is 30.3 Å². The van der Waals surface area contributed by atoms with Crippen LogP contribution in [0.25, 0.3) is 0 Å². The van der Waals surface area contributed by atoms with Gasteiger partial charge in [-0.25, -0.2) is 13.1 Å². The molecule has 9 nitrogen and oxygen atoms in total. The molecule has 1 saturated heterocycles. The standard InChI is InChI=1S/C21H26N4O5S/c26-20(23-17-5-6-17)15-24-9-11-25(12-10-24)21(27)16-3-7-19(8-4-16)31(28,29)22-14-18-2-1-13-30-18/h1-4,7-8,13,17,22H,5-6,9-12,14-15H2,(H,23,26). The fourth-order valence-corrected chi connectivity index (χ4v) is 4.43. The van der Waals surface area contributed by atoms with Gasteiger partial charge in [0.2, 0.25) is 15.9 Å². The number of sulfonamides is 1. The summed E-state index contributed by atoms with van der Waals surface area (Å²) in [6.45, 7) is 2.73. The maximum atomic E-state index is 12.8. The molecule has 1 aliphatic carbocycles. The number of hydrogen-bond donors (Lipinski definition) is 2. The summed E-state index contributed by atoms with van der Waals surface area (Å²) in [5, 5.41) is 2.97. The second kappa shape index (κ2) is 9.21. The quantitative estimate of drug-likeness (QED) is 0.620. The fraction of sp³-hybridized carbons (Fsp3) is 0.429. The first-order valence-corrected chi connectivity index (χ1v) is 11.8. The zero-order valence-corrected chi connectivity index (χ0v) is 17.9. The largest absolute Gasteiger partial charge is 0.468 e. The molecule has 0 spiro atoms. The lowest BCUT2D eigenvalue weighted by atomic mass is 10.2. The van der Waals surface area contributed by atoms with Crippen LogP contribution in [-0.4, -0.2) is 68.8 Å². The zero-order valence-electron chi connectivity index (χ0n) is 17.1. The van der Waals surface area contributed by atoms with E-state index >= 15 is 0 Å². The van der Waals surface area contributed by atoms with Crippen LogP contribution in [0, 0.1) is 0 Å². The molecule has 1 aromatic carbocycles. The molecular formula is C21H26N4O5S. The molecule has 2 heterocycles. The molecule has 1 aromatic heterocycles. The Labute approximate surface area is 181 Å². The topological polar surface area (TPSA) is 112 Å². The highest BCUT2D eigenvalue weighted by molar-refractivity contribution is 7.89. The number of hydrogen-bond acceptors (Lipinski definition) is 6. The van der Waals surface area contributed by atoms with Gasteiger partial charge in [0.05, 0.1) is 24.2 Å². The number of piperazine rings is 1. The van der Waals surface area contributed by atoms with Crippen LogP contribution in [0.15, 0.2) is 52.0 Å². The average Bonchev–Trinajstić information content (AvgIpc) is 3.42. The summed E-state index contributed by atoms with van der Waals surface area (Å²) in [4.78, 5) is 28.6. The molecule has 1 saturated carbocycles. The van der Waals surface area contributed by atoms with E-state index in [1.165, 1.54) is 30.5 Å². The van der Waals surface area contributed by atoms with Crippen molar-refractivity contribution in [3.63, 3.8) is 0 Å². The normalized spacial score (nSPS) is 17.5. The zero-order chi connectivity index (χ0) is 21.8. The summed E-state index contributed by atoms with van der Waals surface area (Å²) < 4.78 is 32.4. The van der Waals surface area contributed by atoms with Gasteiger partial charge in [0.1, 0.15) is 5.76 Å². The van der Waals surface area contributed by atoms with Crippen LogP contribution in [0.5, 0.6) is 0 Å². The Morgan fingerprint density at radius 2 is 1.74 bits per heavy atom. The number of amides is 2. The van der Waals surface area contributed by atoms with E-state index < -0.39 is 10.0 Å². The van der Waals surface area contributed by atoms with Crippen LogP contribution in [-0.2, 0) is 21.4 Å². The van der Waals surface area contributed by atoms with Gasteiger partial charge < -0.3 is 14.6 Å². The van der Waals surface area contributed by atoms with Crippen LogP contribution in [0.2, 0.25) is 0 Å². The van der Waals surface area contributed by atoms with Gasteiger partial charge in [-0.15, -0.1) is 0 Å². The third-order valence-electron chi connectivity index (χ3n) is 5.40. The summed E-state index contributed by atoms with van der Waals surface area (Å²) in [5.41, 5.74) is 0.435. The Morgan fingerprint density at radius 3 is 2.35 bits per heavy atom. The molecule has 0 bridgehead atoms. The highest BCUT2D eigenvalue weighted by Gasteiger charge is 2.27. The van der Waals surface area contributed by atoms with E-state index in [4.69, 9.17) is 4.42 Å². The van der Waals surface area contributed by atoms with E-state index in [0.29, 0.717) is 50.1 Å². The Morgan fingerprint density at radius 1 is 1.03 bits per heavy atom. The van der Waals surface area contributed by atoms with E-state index in [1.807, 2.05) is 4.90 Å². The molecule has 2 N–H and O–H groups in total. The Balaban J connectivity index is 1.28. The lowest BCUT2D eigenvalue weighted by Crippen LogP contribution is -2.51. The van der Waals surface area contributed by atoms with Gasteiger partial charge in [0.15, 0.2) is 0 Å². The summed E-state index contributed by atoms with van der Waals surface area (Å²) in [6, 6.07) is 9.63. The van der Waals surface area contributed by atoms with Crippen molar-refractivity contribution in [2.75, 3.05) is 32.7 Å². The first-order valence-electron chi connectivity index (χ1n) is 10.3. The van der Waals surface area contributed by atoms with E-state index in [9.17, 15) is 18.0 Å². The number of rotatable bonds is 8. The highest BCUT2D eigenvalue weighted by Crippen LogP contribution is 2.18. The van der Waals surface area contributed by atoms with Gasteiger partial charge in [-0.3, -0.25) is 14.5 Å². The molecule has 1 aliphatic heterocycles. The second-order valence-corrected chi connectivity index (χ2v) is 9.61. The van der Waals surface area contributed by atoms with E-state index in [0.717, 1.165) is 12.8 Å². The van der Waals surface area contributed by atoms with Crippen LogP contribution < -0.4 is 10.0 Å². The molecule has 2 fully saturated rings. The molecule has 2 aliphatic rings. The maximum Gasteiger partial charge on any atom is 0.253 e. The van der Waals surface area contributed by atoms with E-state index in [-0.39, 0.29) is 23.3 Å². The molecule has 4 rings (SSSR count). The SMILES string of the molecule is O=C(CN1CCN(C(=O)c2ccc(S(=O)(=O)NCc3ccco3)cc2)CC1)NC1CC1. The molecule has 0 atom stereocenters. The lowest BCUT2D eigenvalue weighted by molar-refractivity contribution is -0.122. The molecule has 0 unspecified atom stereocenters. The second-order valence-electron chi connectivity index (χ2n) is 7.84. The van der Waals surface area contributed by atoms with Crippen molar-refractivity contribution >= 4 is 21.8 Å². The third-order valence-corrected chi connectivity index (χ3v) is 6.81. The van der Waals surface area contributed by atoms with Gasteiger partial charge in [0.25, 0.3) is 5.91 Å². The van der Waals surface area contributed by atoms with Crippen molar-refractivity contribution in [1.82, 2.24) is 19.8 Å². The van der Waals surface area contributed by atoms with Crippen molar-refractivity contribution in [2.24, 2.45) is 0 Å². The van der Waals surface area contributed by atoms with Gasteiger partial charge in [-0.05, 0) is 49.2 Å². The summed E-state index contributed by atoms with van der Waals surface area (Å²) in [6.07, 6.45) is 3.61. The Bertz CT molecular complexity index is 1010. The van der Waals surface area contributed by atoms with Crippen LogP contribution in [0.1, 0.15) is 29.0 Å². The summed E-state index contributed by atoms with van der Waals surface area (Å²) in [7, 11) is -3.71. The summed E-state index contributed by atoms with van der Waals surface area (Å²) >= 11 is 0. The van der Waals surface area contributed by atoms with Crippen molar-refractivity contribution < 1.29 is 22.4 Å². The number of nitrogens with zero attached hydrogens (tertiary/aromatic N) is 2. The molecular weight excluding hydrogens is 420 g/mol. The molecule has 10 heteroatoms. The first kappa shape index (κ1) is 21.5. The van der Waals surface area contributed by atoms with E-state index in [2.05, 4.69) is 10.0 Å². The van der Waals surface area contributed by atoms with Crippen LogP contribution in [0.4, 0.5) is 0 Å². The smallest absolute Gasteiger partial charge is 0.253 e. The third kappa shape index (κ3) is 5.72. The average molecular weight is 447 g/mol. The van der Waals surface area contributed by atoms with Crippen LogP contribution >= 0.6 is 0 Å². The molecule has 0 radical (unpaired) electrons. The monoisotopic (exact) mass is 446 g/mol. The van der Waals surface area contributed by atoms with Gasteiger partial charge >= 0.3 is 0 Å². The number of furan rings is 1. The minimum absolute atomic E-state index is 0.0414. The number of carbonyl (C=O) groups is 2. The molecule has 31 heavy (non-hydrogen) atoms. The highest BCUT2D eigenvalue weighted by atomic mass is 32.2. The molecule has 2 aromatic rings. The van der Waals surface area contributed by atoms with Crippen LogP contribution in [0.3, 0.4) is 0 Å². The minimum Gasteiger partial charge on any atom is -0.468 e. The predicted octanol–water partition coefficient (Wildman–Crippen LogP) is 0.795. The molecule has 166 valence electrons. The molecule has 2 amide bonds. The predicted molar refractivity (Wildman–Crippen MR) is 113 cm³/mol. The van der Waals surface area contributed by atoms with Crippen molar-refractivity contribution in [3.05, 3.63) is 54.0 Å². The fourth-order valence-electron chi connectivity index (χ4n) is 3.44. The van der Waals surface area contributed by atoms with Crippen molar-refractivity contribution in [1.29, 1.82) is 0 Å². The van der Waals surface area contributed by atoms with Gasteiger partial charge in [-0.1, -0.05) is 0 Å². The van der Waals surface area contributed by atoms with E-state index in [1.54, 1.807) is 17.0 Å². The Hall–Kier alpha value is -2.69. The number of benzene rings is 1. The minimum atomic E-state index is -3.71. The summed E-state index contributed by atoms with van der Waals surface area (Å²) in [5.74, 6) is 0.411.